The highest BCUT2D eigenvalue weighted by Gasteiger charge is 2.08. The van der Waals surface area contributed by atoms with Crippen molar-refractivity contribution in [2.24, 2.45) is 0 Å². The van der Waals surface area contributed by atoms with E-state index in [0.29, 0.717) is 12.2 Å². The number of carbonyl (C=O) groups excluding carboxylic acids is 1. The van der Waals surface area contributed by atoms with Crippen LogP contribution in [0.15, 0.2) is 12.2 Å². The van der Waals surface area contributed by atoms with Gasteiger partial charge in [-0.2, -0.15) is 0 Å². The third-order valence-electron chi connectivity index (χ3n) is 1.75. The maximum atomic E-state index is 11.0. The van der Waals surface area contributed by atoms with Crippen molar-refractivity contribution >= 4 is 5.97 Å². The zero-order chi connectivity index (χ0) is 10.3. The second-order valence-electron chi connectivity index (χ2n) is 3.04. The van der Waals surface area contributed by atoms with E-state index in [2.05, 4.69) is 18.8 Å². The number of hydrogen-bond donors (Lipinski definition) is 1. The molecule has 0 aromatic heterocycles. The molecule has 0 aliphatic heterocycles. The zero-order valence-electron chi connectivity index (χ0n) is 8.72. The molecule has 0 amide bonds. The van der Waals surface area contributed by atoms with Crippen molar-refractivity contribution in [3.63, 3.8) is 0 Å². The average molecular weight is 185 g/mol. The van der Waals surface area contributed by atoms with E-state index in [1.807, 2.05) is 6.92 Å². The van der Waals surface area contributed by atoms with Crippen LogP contribution in [-0.4, -0.2) is 25.2 Å². The Hall–Kier alpha value is -0.830. The minimum Gasteiger partial charge on any atom is -0.461 e. The molecule has 1 N–H and O–H groups in total. The fraction of sp³-hybridized carbons (Fsp3) is 0.700. The van der Waals surface area contributed by atoms with Gasteiger partial charge in [0, 0.05) is 11.6 Å². The molecule has 1 atom stereocenters. The van der Waals surface area contributed by atoms with Gasteiger partial charge in [-0.05, 0) is 19.9 Å². The topological polar surface area (TPSA) is 38.3 Å². The molecule has 13 heavy (non-hydrogen) atoms. The molecule has 0 fully saturated rings. The smallest absolute Gasteiger partial charge is 0.333 e. The Bertz CT molecular complexity index is 178. The molecule has 3 nitrogen and oxygen atoms in total. The van der Waals surface area contributed by atoms with Gasteiger partial charge in [0.05, 0.1) is 0 Å². The first-order chi connectivity index (χ1) is 6.11. The van der Waals surface area contributed by atoms with E-state index < -0.39 is 0 Å². The second kappa shape index (κ2) is 6.66. The number of hydrogen-bond acceptors (Lipinski definition) is 3. The molecule has 0 bridgehead atoms. The van der Waals surface area contributed by atoms with Gasteiger partial charge in [-0.25, -0.2) is 4.79 Å². The highest BCUT2D eigenvalue weighted by Crippen LogP contribution is 1.96. The van der Waals surface area contributed by atoms with Gasteiger partial charge in [0.15, 0.2) is 0 Å². The van der Waals surface area contributed by atoms with E-state index in [4.69, 9.17) is 4.74 Å². The van der Waals surface area contributed by atoms with Crippen molar-refractivity contribution in [3.05, 3.63) is 12.2 Å². The molecule has 0 aromatic rings. The van der Waals surface area contributed by atoms with Crippen molar-refractivity contribution in [1.29, 1.82) is 0 Å². The molecule has 0 aromatic carbocycles. The predicted octanol–water partition coefficient (Wildman–Crippen LogP) is 1.49. The van der Waals surface area contributed by atoms with Crippen molar-refractivity contribution in [2.45, 2.75) is 33.2 Å². The van der Waals surface area contributed by atoms with Crippen LogP contribution in [-0.2, 0) is 9.53 Å². The maximum absolute atomic E-state index is 11.0. The molecule has 0 rings (SSSR count). The lowest BCUT2D eigenvalue weighted by atomic mass is 10.2. The van der Waals surface area contributed by atoms with Crippen LogP contribution in [0.3, 0.4) is 0 Å². The minimum absolute atomic E-state index is 0.258. The lowest BCUT2D eigenvalue weighted by Crippen LogP contribution is -2.33. The zero-order valence-corrected chi connectivity index (χ0v) is 8.72. The van der Waals surface area contributed by atoms with Gasteiger partial charge in [-0.15, -0.1) is 0 Å². The molecule has 0 spiro atoms. The largest absolute Gasteiger partial charge is 0.461 e. The van der Waals surface area contributed by atoms with Gasteiger partial charge in [0.1, 0.15) is 6.61 Å². The fourth-order valence-corrected chi connectivity index (χ4v) is 0.909. The van der Waals surface area contributed by atoms with Gasteiger partial charge in [0.25, 0.3) is 0 Å². The van der Waals surface area contributed by atoms with E-state index in [-0.39, 0.29) is 12.0 Å². The van der Waals surface area contributed by atoms with Crippen molar-refractivity contribution < 1.29 is 9.53 Å². The summed E-state index contributed by atoms with van der Waals surface area (Å²) in [5.74, 6) is -0.309. The fourth-order valence-electron chi connectivity index (χ4n) is 0.909. The summed E-state index contributed by atoms with van der Waals surface area (Å²) in [5.41, 5.74) is 0.450. The minimum atomic E-state index is -0.309. The Morgan fingerprint density at radius 1 is 1.54 bits per heavy atom. The number of nitrogens with one attached hydrogen (secondary N) is 1. The van der Waals surface area contributed by atoms with Crippen molar-refractivity contribution in [3.8, 4) is 0 Å². The molecule has 0 saturated heterocycles. The summed E-state index contributed by atoms with van der Waals surface area (Å²) in [6.45, 7) is 10.6. The average Bonchev–Trinajstić information content (AvgIpc) is 2.11. The molecule has 0 aliphatic carbocycles. The van der Waals surface area contributed by atoms with Crippen LogP contribution in [0.25, 0.3) is 0 Å². The lowest BCUT2D eigenvalue weighted by Gasteiger charge is -2.15. The number of esters is 1. The Morgan fingerprint density at radius 2 is 2.15 bits per heavy atom. The van der Waals surface area contributed by atoms with Crippen LogP contribution >= 0.6 is 0 Å². The predicted molar refractivity (Wildman–Crippen MR) is 53.5 cm³/mol. The highest BCUT2D eigenvalue weighted by atomic mass is 16.5. The molecule has 0 saturated carbocycles. The van der Waals surface area contributed by atoms with Crippen LogP contribution < -0.4 is 5.32 Å². The van der Waals surface area contributed by atoms with E-state index in [1.165, 1.54) is 0 Å². The van der Waals surface area contributed by atoms with E-state index >= 15 is 0 Å². The van der Waals surface area contributed by atoms with Crippen LogP contribution in [0.4, 0.5) is 0 Å². The first-order valence-electron chi connectivity index (χ1n) is 4.67. The summed E-state index contributed by atoms with van der Waals surface area (Å²) in [4.78, 5) is 11.0. The van der Waals surface area contributed by atoms with Crippen LogP contribution in [0.2, 0.25) is 0 Å². The second-order valence-corrected chi connectivity index (χ2v) is 3.04. The van der Waals surface area contributed by atoms with Crippen LogP contribution in [0.1, 0.15) is 27.2 Å². The molecule has 76 valence electrons. The summed E-state index contributed by atoms with van der Waals surface area (Å²) in [7, 11) is 0. The maximum Gasteiger partial charge on any atom is 0.333 e. The number of carbonyl (C=O) groups is 1. The Kier molecular flexibility index (Phi) is 6.24. The van der Waals surface area contributed by atoms with Gasteiger partial charge in [-0.3, -0.25) is 0 Å². The highest BCUT2D eigenvalue weighted by molar-refractivity contribution is 5.86. The van der Waals surface area contributed by atoms with Crippen LogP contribution in [0.5, 0.6) is 0 Å². The summed E-state index contributed by atoms with van der Waals surface area (Å²) in [5, 5.41) is 3.22. The number of likely N-dealkylation sites (N-methyl/N-ethyl adjacent to an activating group) is 1. The molecule has 0 aliphatic rings. The third kappa shape index (κ3) is 5.42. The van der Waals surface area contributed by atoms with Crippen molar-refractivity contribution in [1.82, 2.24) is 5.32 Å². The number of rotatable bonds is 6. The molecular formula is C10H19NO2. The summed E-state index contributed by atoms with van der Waals surface area (Å²) in [6, 6.07) is 0.258. The SMILES string of the molecule is C=C(C)C(=O)OCC(CC)NCC. The molecule has 3 heteroatoms. The third-order valence-corrected chi connectivity index (χ3v) is 1.75. The van der Waals surface area contributed by atoms with Gasteiger partial charge >= 0.3 is 5.97 Å². The normalized spacial score (nSPS) is 12.2. The summed E-state index contributed by atoms with van der Waals surface area (Å²) in [6.07, 6.45) is 0.956. The molecule has 1 unspecified atom stereocenters. The first-order valence-corrected chi connectivity index (χ1v) is 4.67. The lowest BCUT2D eigenvalue weighted by molar-refractivity contribution is -0.139. The van der Waals surface area contributed by atoms with Crippen molar-refractivity contribution in [2.75, 3.05) is 13.2 Å². The first kappa shape index (κ1) is 12.2. The molecule has 0 radical (unpaired) electrons. The van der Waals surface area contributed by atoms with Gasteiger partial charge in [0.2, 0.25) is 0 Å². The van der Waals surface area contributed by atoms with E-state index in [1.54, 1.807) is 6.92 Å². The summed E-state index contributed by atoms with van der Waals surface area (Å²) < 4.78 is 5.01. The monoisotopic (exact) mass is 185 g/mol. The quantitative estimate of drug-likeness (QED) is 0.503. The van der Waals surface area contributed by atoms with Crippen LogP contribution in [0, 0.1) is 0 Å². The van der Waals surface area contributed by atoms with E-state index in [0.717, 1.165) is 13.0 Å². The Balaban J connectivity index is 3.71. The standard InChI is InChI=1S/C10H19NO2/c1-5-9(11-6-2)7-13-10(12)8(3)4/h9,11H,3,5-7H2,1-2,4H3. The molecule has 0 heterocycles. The molecular weight excluding hydrogens is 166 g/mol. The summed E-state index contributed by atoms with van der Waals surface area (Å²) >= 11 is 0. The van der Waals surface area contributed by atoms with Gasteiger partial charge < -0.3 is 10.1 Å². The Labute approximate surface area is 80.2 Å². The van der Waals surface area contributed by atoms with E-state index in [9.17, 15) is 4.79 Å². The number of ether oxygens (including phenoxy) is 1. The Morgan fingerprint density at radius 3 is 2.54 bits per heavy atom. The van der Waals surface area contributed by atoms with Gasteiger partial charge in [-0.1, -0.05) is 20.4 Å².